The molecule has 4 rings (SSSR count). The Morgan fingerprint density at radius 3 is 2.41 bits per heavy atom. The number of quaternary nitrogens is 1. The highest BCUT2D eigenvalue weighted by molar-refractivity contribution is 6.46. The number of carbonyl (C=O) groups excluding carboxylic acids is 2. The van der Waals surface area contributed by atoms with Gasteiger partial charge in [-0.2, -0.15) is 0 Å². The highest BCUT2D eigenvalue weighted by Gasteiger charge is 2.44. The van der Waals surface area contributed by atoms with Gasteiger partial charge in [-0.1, -0.05) is 24.8 Å². The summed E-state index contributed by atoms with van der Waals surface area (Å²) in [6.45, 7) is 12.6. The average Bonchev–Trinajstić information content (AvgIpc) is 3.21. The van der Waals surface area contributed by atoms with Crippen LogP contribution in [0.25, 0.3) is 5.76 Å². The lowest BCUT2D eigenvalue weighted by Gasteiger charge is -2.29. The first kappa shape index (κ1) is 28.3. The van der Waals surface area contributed by atoms with Crippen molar-refractivity contribution in [1.82, 2.24) is 4.90 Å². The molecule has 1 amide bonds. The van der Waals surface area contributed by atoms with Gasteiger partial charge in [0, 0.05) is 5.57 Å². The van der Waals surface area contributed by atoms with Crippen molar-refractivity contribution in [2.24, 2.45) is 0 Å². The Kier molecular flexibility index (Phi) is 9.35. The average molecular weight is 539 g/mol. The van der Waals surface area contributed by atoms with E-state index in [2.05, 4.69) is 13.8 Å². The number of nitrogens with zero attached hydrogens (tertiary/aromatic N) is 1. The fraction of sp³-hybridized carbons (Fsp3) is 0.467. The van der Waals surface area contributed by atoms with Gasteiger partial charge in [-0.3, -0.25) is 9.59 Å². The largest absolute Gasteiger partial charge is 0.872 e. The second kappa shape index (κ2) is 12.9. The summed E-state index contributed by atoms with van der Waals surface area (Å²) in [5.41, 5.74) is 0.817. The van der Waals surface area contributed by atoms with Crippen molar-refractivity contribution in [3.8, 4) is 23.0 Å². The Bertz CT molecular complexity index is 1220. The van der Waals surface area contributed by atoms with Crippen molar-refractivity contribution in [2.45, 2.75) is 40.2 Å². The van der Waals surface area contributed by atoms with Crippen LogP contribution in [-0.2, 0) is 9.59 Å². The van der Waals surface area contributed by atoms with Crippen molar-refractivity contribution >= 4 is 17.4 Å². The number of hydrogen-bond acceptors (Lipinski definition) is 7. The molecule has 2 aliphatic heterocycles. The molecule has 9 heteroatoms. The highest BCUT2D eigenvalue weighted by atomic mass is 16.6. The zero-order chi connectivity index (χ0) is 27.9. The number of hydrogen-bond donors (Lipinski definition) is 1. The number of nitrogens with one attached hydrogen (secondary N) is 1. The van der Waals surface area contributed by atoms with Gasteiger partial charge in [0.2, 0.25) is 5.78 Å². The number of benzene rings is 2. The molecular formula is C30H38N2O7. The van der Waals surface area contributed by atoms with E-state index in [1.165, 1.54) is 9.80 Å². The van der Waals surface area contributed by atoms with Gasteiger partial charge in [0.05, 0.1) is 45.4 Å². The van der Waals surface area contributed by atoms with E-state index in [9.17, 15) is 14.7 Å². The third-order valence-electron chi connectivity index (χ3n) is 7.09. The van der Waals surface area contributed by atoms with E-state index in [-0.39, 0.29) is 11.1 Å². The van der Waals surface area contributed by atoms with Crippen molar-refractivity contribution in [2.75, 3.05) is 52.6 Å². The number of likely N-dealkylation sites (N-methyl/N-ethyl adjacent to an activating group) is 1. The van der Waals surface area contributed by atoms with E-state index < -0.39 is 23.5 Å². The second-order valence-corrected chi connectivity index (χ2v) is 9.53. The first-order valence-corrected chi connectivity index (χ1v) is 13.8. The van der Waals surface area contributed by atoms with Gasteiger partial charge in [-0.25, -0.2) is 0 Å². The highest BCUT2D eigenvalue weighted by Crippen LogP contribution is 2.42. The molecule has 1 atom stereocenters. The number of rotatable bonds is 12. The fourth-order valence-electron chi connectivity index (χ4n) is 4.96. The Balaban J connectivity index is 1.81. The van der Waals surface area contributed by atoms with Crippen molar-refractivity contribution in [3.05, 3.63) is 53.1 Å². The molecule has 2 heterocycles. The molecule has 1 saturated heterocycles. The standard InChI is InChI=1S/C30H38N2O7/c1-5-15-37-22-11-9-20(18-24(22)36-8-4)27-26(29(34)30(35)32(27)14-13-31(6-2)7-3)28(33)21-10-12-23-25(19-21)39-17-16-38-23/h9-12,18-19,27,33H,5-8,13-17H2,1-4H3. The summed E-state index contributed by atoms with van der Waals surface area (Å²) in [6.07, 6.45) is 0.836. The van der Waals surface area contributed by atoms with Crippen LogP contribution in [0.5, 0.6) is 23.0 Å². The zero-order valence-corrected chi connectivity index (χ0v) is 23.2. The molecule has 0 bridgehead atoms. The number of ether oxygens (including phenoxy) is 4. The summed E-state index contributed by atoms with van der Waals surface area (Å²) >= 11 is 0. The van der Waals surface area contributed by atoms with Gasteiger partial charge in [-0.05, 0) is 62.6 Å². The van der Waals surface area contributed by atoms with Gasteiger partial charge in [0.15, 0.2) is 23.0 Å². The van der Waals surface area contributed by atoms with E-state index in [0.717, 1.165) is 19.5 Å². The molecule has 2 aliphatic rings. The number of fused-ring (bicyclic) bond motifs is 1. The van der Waals surface area contributed by atoms with Crippen LogP contribution in [-0.4, -0.2) is 69.2 Å². The number of likely N-dealkylation sites (tertiary alicyclic amines) is 1. The molecule has 2 aromatic carbocycles. The lowest BCUT2D eigenvalue weighted by molar-refractivity contribution is -0.895. The minimum absolute atomic E-state index is 0.0732. The van der Waals surface area contributed by atoms with Crippen molar-refractivity contribution in [3.63, 3.8) is 0 Å². The molecule has 1 unspecified atom stereocenters. The first-order chi connectivity index (χ1) is 18.9. The second-order valence-electron chi connectivity index (χ2n) is 9.53. The molecule has 0 spiro atoms. The van der Waals surface area contributed by atoms with Crippen LogP contribution in [0.2, 0.25) is 0 Å². The van der Waals surface area contributed by atoms with Crippen molar-refractivity contribution in [1.29, 1.82) is 0 Å². The van der Waals surface area contributed by atoms with E-state index in [0.29, 0.717) is 68.1 Å². The van der Waals surface area contributed by atoms with Crippen LogP contribution in [0, 0.1) is 0 Å². The topological polar surface area (TPSA) is 102 Å². The van der Waals surface area contributed by atoms with Gasteiger partial charge < -0.3 is 33.9 Å². The Labute approximate surface area is 229 Å². The molecule has 1 N–H and O–H groups in total. The van der Waals surface area contributed by atoms with Crippen LogP contribution in [0.3, 0.4) is 0 Å². The first-order valence-electron chi connectivity index (χ1n) is 13.8. The lowest BCUT2D eigenvalue weighted by atomic mass is 9.94. The monoisotopic (exact) mass is 538 g/mol. The van der Waals surface area contributed by atoms with Gasteiger partial charge >= 0.3 is 0 Å². The molecular weight excluding hydrogens is 500 g/mol. The third-order valence-corrected chi connectivity index (χ3v) is 7.09. The molecule has 0 aromatic heterocycles. The summed E-state index contributed by atoms with van der Waals surface area (Å²) in [6, 6.07) is 9.36. The maximum absolute atomic E-state index is 13.9. The van der Waals surface area contributed by atoms with Gasteiger partial charge in [0.1, 0.15) is 13.2 Å². The smallest absolute Gasteiger partial charge is 0.295 e. The van der Waals surface area contributed by atoms with Crippen LogP contribution in [0.1, 0.15) is 51.3 Å². The Morgan fingerprint density at radius 2 is 1.72 bits per heavy atom. The summed E-state index contributed by atoms with van der Waals surface area (Å²) in [5, 5.41) is 13.9. The maximum atomic E-state index is 13.9. The molecule has 0 aliphatic carbocycles. The van der Waals surface area contributed by atoms with Crippen LogP contribution >= 0.6 is 0 Å². The van der Waals surface area contributed by atoms with E-state index in [4.69, 9.17) is 18.9 Å². The molecule has 2 aromatic rings. The Hall–Kier alpha value is -3.72. The fourth-order valence-corrected chi connectivity index (χ4v) is 4.96. The van der Waals surface area contributed by atoms with E-state index >= 15 is 0 Å². The zero-order valence-electron chi connectivity index (χ0n) is 23.2. The maximum Gasteiger partial charge on any atom is 0.295 e. The third kappa shape index (κ3) is 5.98. The predicted molar refractivity (Wildman–Crippen MR) is 144 cm³/mol. The van der Waals surface area contributed by atoms with Crippen LogP contribution in [0.4, 0.5) is 0 Å². The summed E-state index contributed by atoms with van der Waals surface area (Å²) in [7, 11) is 0. The number of carbonyl (C=O) groups is 2. The predicted octanol–water partition coefficient (Wildman–Crippen LogP) is 1.79. The van der Waals surface area contributed by atoms with E-state index in [1.807, 2.05) is 13.8 Å². The summed E-state index contributed by atoms with van der Waals surface area (Å²) < 4.78 is 22.9. The summed E-state index contributed by atoms with van der Waals surface area (Å²) in [5.74, 6) is 0.125. The van der Waals surface area contributed by atoms with Crippen molar-refractivity contribution < 1.29 is 38.5 Å². The van der Waals surface area contributed by atoms with Crippen LogP contribution in [0.15, 0.2) is 42.0 Å². The number of ketones is 1. The van der Waals surface area contributed by atoms with Gasteiger partial charge in [-0.15, -0.1) is 0 Å². The number of Topliss-reactive ketones (excluding diaryl/α,β-unsaturated/α-hetero) is 1. The minimum Gasteiger partial charge on any atom is -0.872 e. The molecule has 1 fully saturated rings. The summed E-state index contributed by atoms with van der Waals surface area (Å²) in [4.78, 5) is 29.6. The van der Waals surface area contributed by atoms with Crippen LogP contribution < -0.4 is 29.0 Å². The number of amides is 1. The molecule has 39 heavy (non-hydrogen) atoms. The minimum atomic E-state index is -0.847. The SMILES string of the molecule is CCCOc1ccc(C2C(=C([O-])c3ccc4c(c3)OCCO4)C(=O)C(=O)N2CC[NH+](CC)CC)cc1OCC. The molecule has 0 saturated carbocycles. The molecule has 9 nitrogen and oxygen atoms in total. The normalized spacial score (nSPS) is 18.1. The van der Waals surface area contributed by atoms with E-state index in [1.54, 1.807) is 36.4 Å². The quantitative estimate of drug-likeness (QED) is 0.250. The molecule has 0 radical (unpaired) electrons. The van der Waals surface area contributed by atoms with Gasteiger partial charge in [0.25, 0.3) is 5.91 Å². The lowest BCUT2D eigenvalue weighted by Crippen LogP contribution is -3.12. The molecule has 210 valence electrons. The Morgan fingerprint density at radius 1 is 0.974 bits per heavy atom.